The summed E-state index contributed by atoms with van der Waals surface area (Å²) in [7, 11) is 0. The van der Waals surface area contributed by atoms with E-state index in [4.69, 9.17) is 15.7 Å². The minimum Gasteiger partial charge on any atom is -0.507 e. The molecule has 1 fully saturated rings. The minimum absolute atomic E-state index is 0.0200. The van der Waals surface area contributed by atoms with Gasteiger partial charge in [0.2, 0.25) is 0 Å². The third kappa shape index (κ3) is 5.25. The Kier molecular flexibility index (Phi) is 7.21. The molecule has 6 aromatic rings. The van der Waals surface area contributed by atoms with Crippen molar-refractivity contribution in [1.82, 2.24) is 24.4 Å². The smallest absolute Gasteiger partial charge is 0.165 e. The van der Waals surface area contributed by atoms with Gasteiger partial charge in [0.15, 0.2) is 17.8 Å². The van der Waals surface area contributed by atoms with Crippen LogP contribution in [0.25, 0.3) is 39.5 Å². The number of nitrogen functional groups attached to an aromatic ring is 1. The Morgan fingerprint density at radius 1 is 0.818 bits per heavy atom. The van der Waals surface area contributed by atoms with Crippen LogP contribution in [0.4, 0.5) is 11.5 Å². The molecule has 0 aliphatic carbocycles. The minimum atomic E-state index is 0.0200. The van der Waals surface area contributed by atoms with Crippen molar-refractivity contribution >= 4 is 29.0 Å². The third-order valence-corrected chi connectivity index (χ3v) is 8.13. The second-order valence-electron chi connectivity index (χ2n) is 10.9. The summed E-state index contributed by atoms with van der Waals surface area (Å²) in [5, 5.41) is 10.1. The molecule has 3 aromatic carbocycles. The van der Waals surface area contributed by atoms with Crippen LogP contribution in [0.2, 0.25) is 0 Å². The first-order chi connectivity index (χ1) is 21.6. The molecule has 0 spiro atoms. The molecule has 218 valence electrons. The van der Waals surface area contributed by atoms with E-state index in [1.54, 1.807) is 18.3 Å². The molecule has 9 nitrogen and oxygen atoms in total. The predicted molar refractivity (Wildman–Crippen MR) is 173 cm³/mol. The molecule has 3 aromatic heterocycles. The van der Waals surface area contributed by atoms with E-state index in [0.29, 0.717) is 23.5 Å². The lowest BCUT2D eigenvalue weighted by atomic mass is 10.1. The highest BCUT2D eigenvalue weighted by molar-refractivity contribution is 5.84. The van der Waals surface area contributed by atoms with Gasteiger partial charge >= 0.3 is 0 Å². The number of fused-ring (bicyclic) bond motifs is 1. The average Bonchev–Trinajstić information content (AvgIpc) is 3.44. The van der Waals surface area contributed by atoms with Crippen LogP contribution in [-0.4, -0.2) is 62.0 Å². The molecule has 7 rings (SSSR count). The van der Waals surface area contributed by atoms with Crippen molar-refractivity contribution in [2.75, 3.05) is 36.8 Å². The number of nitrogens with zero attached hydrogens (tertiary/aromatic N) is 6. The zero-order valence-electron chi connectivity index (χ0n) is 24.0. The van der Waals surface area contributed by atoms with E-state index in [0.717, 1.165) is 72.1 Å². The van der Waals surface area contributed by atoms with Gasteiger partial charge in [0.05, 0.1) is 16.8 Å². The lowest BCUT2D eigenvalue weighted by Gasteiger charge is -2.36. The highest BCUT2D eigenvalue weighted by Gasteiger charge is 2.20. The van der Waals surface area contributed by atoms with Crippen molar-refractivity contribution in [3.63, 3.8) is 0 Å². The van der Waals surface area contributed by atoms with Gasteiger partial charge in [0, 0.05) is 61.9 Å². The number of phenolic OH excluding ortho intramolecular Hbond substituents is 1. The van der Waals surface area contributed by atoms with E-state index < -0.39 is 0 Å². The number of aromatic hydroxyl groups is 1. The fraction of sp³-hybridized carbons (Fsp3) is 0.143. The lowest BCUT2D eigenvalue weighted by Crippen LogP contribution is -2.45. The number of benzene rings is 3. The Labute approximate surface area is 254 Å². The van der Waals surface area contributed by atoms with Gasteiger partial charge in [-0.15, -0.1) is 0 Å². The highest BCUT2D eigenvalue weighted by atomic mass is 16.3. The summed E-state index contributed by atoms with van der Waals surface area (Å²) in [4.78, 5) is 30.0. The Balaban J connectivity index is 1.15. The highest BCUT2D eigenvalue weighted by Crippen LogP contribution is 2.32. The maximum absolute atomic E-state index is 11.0. The summed E-state index contributed by atoms with van der Waals surface area (Å²) in [5.41, 5.74) is 13.9. The van der Waals surface area contributed by atoms with E-state index in [2.05, 4.69) is 55.7 Å². The van der Waals surface area contributed by atoms with Crippen molar-refractivity contribution in [3.8, 4) is 34.1 Å². The molecule has 44 heavy (non-hydrogen) atoms. The van der Waals surface area contributed by atoms with Crippen LogP contribution in [-0.2, 0) is 6.54 Å². The number of imidazole rings is 1. The van der Waals surface area contributed by atoms with Crippen molar-refractivity contribution < 1.29 is 9.90 Å². The first-order valence-electron chi connectivity index (χ1n) is 14.6. The number of aldehydes is 1. The maximum Gasteiger partial charge on any atom is 0.165 e. The number of hydrogen-bond donors (Lipinski definition) is 2. The monoisotopic (exact) mass is 581 g/mol. The van der Waals surface area contributed by atoms with Gasteiger partial charge in [-0.3, -0.25) is 14.3 Å². The zero-order chi connectivity index (χ0) is 30.0. The Morgan fingerprint density at radius 2 is 1.59 bits per heavy atom. The molecule has 3 N–H and O–H groups in total. The van der Waals surface area contributed by atoms with Gasteiger partial charge < -0.3 is 15.7 Å². The van der Waals surface area contributed by atoms with E-state index in [1.807, 2.05) is 48.5 Å². The summed E-state index contributed by atoms with van der Waals surface area (Å²) in [5.74, 6) is 1.13. The number of phenols is 1. The number of hydrogen-bond acceptors (Lipinski definition) is 8. The van der Waals surface area contributed by atoms with Crippen LogP contribution in [0.1, 0.15) is 15.9 Å². The van der Waals surface area contributed by atoms with Crippen LogP contribution in [0.5, 0.6) is 5.75 Å². The molecule has 0 amide bonds. The quantitative estimate of drug-likeness (QED) is 0.235. The fourth-order valence-corrected chi connectivity index (χ4v) is 5.76. The Hall–Kier alpha value is -5.54. The SMILES string of the molecule is Nc1ncccc1-c1nc2ccc(-c3ccccc3)nc2n1-c1ccc(CN2CCN(c3ccc(C=O)c(O)c3)CC2)cc1. The van der Waals surface area contributed by atoms with Gasteiger partial charge in [-0.2, -0.15) is 0 Å². The first kappa shape index (κ1) is 27.3. The van der Waals surface area contributed by atoms with Crippen molar-refractivity contribution in [3.05, 3.63) is 114 Å². The van der Waals surface area contributed by atoms with Crippen molar-refractivity contribution in [1.29, 1.82) is 0 Å². The number of piperazine rings is 1. The van der Waals surface area contributed by atoms with Crippen LogP contribution < -0.4 is 10.6 Å². The van der Waals surface area contributed by atoms with Gasteiger partial charge in [-0.25, -0.2) is 15.0 Å². The number of aromatic nitrogens is 4. The largest absolute Gasteiger partial charge is 0.507 e. The summed E-state index contributed by atoms with van der Waals surface area (Å²) in [6.07, 6.45) is 2.35. The van der Waals surface area contributed by atoms with Crippen molar-refractivity contribution in [2.45, 2.75) is 6.54 Å². The van der Waals surface area contributed by atoms with E-state index in [1.165, 1.54) is 5.56 Å². The van der Waals surface area contributed by atoms with Gasteiger partial charge in [-0.05, 0) is 54.1 Å². The molecular formula is C35H31N7O2. The van der Waals surface area contributed by atoms with E-state index in [-0.39, 0.29) is 5.75 Å². The Morgan fingerprint density at radius 3 is 2.32 bits per heavy atom. The third-order valence-electron chi connectivity index (χ3n) is 8.13. The number of carbonyl (C=O) groups excluding carboxylic acids is 1. The van der Waals surface area contributed by atoms with Crippen LogP contribution >= 0.6 is 0 Å². The van der Waals surface area contributed by atoms with E-state index in [9.17, 15) is 9.90 Å². The molecule has 1 saturated heterocycles. The summed E-state index contributed by atoms with van der Waals surface area (Å²) < 4.78 is 2.06. The number of rotatable bonds is 7. The number of pyridine rings is 2. The van der Waals surface area contributed by atoms with Crippen LogP contribution in [0.15, 0.2) is 103 Å². The van der Waals surface area contributed by atoms with Crippen molar-refractivity contribution in [2.24, 2.45) is 0 Å². The fourth-order valence-electron chi connectivity index (χ4n) is 5.76. The zero-order valence-corrected chi connectivity index (χ0v) is 24.0. The lowest BCUT2D eigenvalue weighted by molar-refractivity contribution is 0.112. The summed E-state index contributed by atoms with van der Waals surface area (Å²) >= 11 is 0. The average molecular weight is 582 g/mol. The molecule has 1 aliphatic rings. The van der Waals surface area contributed by atoms with E-state index >= 15 is 0 Å². The molecule has 1 aliphatic heterocycles. The molecule has 0 unspecified atom stereocenters. The summed E-state index contributed by atoms with van der Waals surface area (Å²) in [6, 6.07) is 31.7. The number of anilines is 2. The molecular weight excluding hydrogens is 550 g/mol. The molecule has 0 bridgehead atoms. The molecule has 0 saturated carbocycles. The van der Waals surface area contributed by atoms with Gasteiger partial charge in [0.1, 0.15) is 17.1 Å². The maximum atomic E-state index is 11.0. The summed E-state index contributed by atoms with van der Waals surface area (Å²) in [6.45, 7) is 4.28. The first-order valence-corrected chi connectivity index (χ1v) is 14.6. The topological polar surface area (TPSA) is 113 Å². The predicted octanol–water partition coefficient (Wildman–Crippen LogP) is 5.57. The molecule has 0 atom stereocenters. The second kappa shape index (κ2) is 11.6. The Bertz CT molecular complexity index is 1950. The van der Waals surface area contributed by atoms with Gasteiger partial charge in [-0.1, -0.05) is 42.5 Å². The van der Waals surface area contributed by atoms with Crippen LogP contribution in [0.3, 0.4) is 0 Å². The normalized spacial score (nSPS) is 13.8. The van der Waals surface area contributed by atoms with Gasteiger partial charge in [0.25, 0.3) is 0 Å². The molecule has 4 heterocycles. The number of carbonyl (C=O) groups is 1. The molecule has 0 radical (unpaired) electrons. The number of nitrogens with two attached hydrogens (primary N) is 1. The van der Waals surface area contributed by atoms with Crippen LogP contribution in [0, 0.1) is 0 Å². The second-order valence-corrected chi connectivity index (χ2v) is 10.9. The standard InChI is InChI=1S/C35H31N7O2/c36-33-29(7-4-16-37-33)34-39-31-15-14-30(25-5-2-1-3-6-25)38-35(31)42(34)27-11-8-24(9-12-27)22-40-17-19-41(20-18-40)28-13-10-26(23-43)32(44)21-28/h1-16,21,23,44H,17-20,22H2,(H2,36,37). The molecule has 9 heteroatoms.